The van der Waals surface area contributed by atoms with Gasteiger partial charge >= 0.3 is 0 Å². The number of thiophene rings is 1. The number of fused-ring (bicyclic) bond motifs is 1. The first-order valence-corrected chi connectivity index (χ1v) is 5.86. The van der Waals surface area contributed by atoms with Crippen molar-refractivity contribution in [2.45, 2.75) is 12.8 Å². The number of carbonyl (C=O) groups is 1. The average molecular weight is 264 g/mol. The molecule has 18 heavy (non-hydrogen) atoms. The zero-order valence-corrected chi connectivity index (χ0v) is 10.0. The first-order valence-electron chi connectivity index (χ1n) is 5.04. The number of halogens is 2. The van der Waals surface area contributed by atoms with Crippen LogP contribution in [0.2, 0.25) is 0 Å². The highest BCUT2D eigenvalue weighted by Crippen LogP contribution is 2.47. The Kier molecular flexibility index (Phi) is 2.98. The molecule has 0 spiro atoms. The van der Waals surface area contributed by atoms with Gasteiger partial charge in [-0.1, -0.05) is 17.4 Å². The third kappa shape index (κ3) is 1.47. The van der Waals surface area contributed by atoms with E-state index in [1.807, 2.05) is 0 Å². The molecule has 0 amide bonds. The Balaban J connectivity index is 2.72. The first-order chi connectivity index (χ1) is 8.56. The summed E-state index contributed by atoms with van der Waals surface area (Å²) in [4.78, 5) is 11.9. The van der Waals surface area contributed by atoms with Gasteiger partial charge in [0.15, 0.2) is 16.0 Å². The molecule has 90 valence electrons. The second-order valence-corrected chi connectivity index (χ2v) is 4.65. The molecule has 2 rings (SSSR count). The molecule has 1 aliphatic rings. The molecule has 0 saturated carbocycles. The number of Topliss-reactive ketones (excluding diaryl/α,β-unsaturated/α-hetero) is 1. The van der Waals surface area contributed by atoms with E-state index in [1.165, 1.54) is 13.0 Å². The predicted molar refractivity (Wildman–Crippen MR) is 59.8 cm³/mol. The monoisotopic (exact) mass is 264 g/mol. The van der Waals surface area contributed by atoms with Crippen molar-refractivity contribution in [3.63, 3.8) is 0 Å². The van der Waals surface area contributed by atoms with Gasteiger partial charge in [0.05, 0.1) is 17.7 Å². The van der Waals surface area contributed by atoms with Crippen LogP contribution in [0.4, 0.5) is 8.78 Å². The third-order valence-corrected chi connectivity index (χ3v) is 3.70. The Morgan fingerprint density at radius 3 is 2.44 bits per heavy atom. The molecule has 3 nitrogen and oxygen atoms in total. The number of hydrogen-bond donors (Lipinski definition) is 0. The van der Waals surface area contributed by atoms with Crippen LogP contribution in [0.3, 0.4) is 0 Å². The van der Waals surface area contributed by atoms with Crippen LogP contribution in [-0.2, 0) is 0 Å². The summed E-state index contributed by atoms with van der Waals surface area (Å²) < 4.78 is 27.1. The van der Waals surface area contributed by atoms with Gasteiger partial charge in [0, 0.05) is 17.1 Å². The van der Waals surface area contributed by atoms with Crippen molar-refractivity contribution >= 4 is 17.1 Å². The summed E-state index contributed by atoms with van der Waals surface area (Å²) in [5, 5.41) is 16.0. The minimum atomic E-state index is -1.20. The molecule has 1 aliphatic carbocycles. The van der Waals surface area contributed by atoms with E-state index >= 15 is 0 Å². The smallest absolute Gasteiger partial charge is 0.193 e. The fourth-order valence-corrected chi connectivity index (χ4v) is 2.96. The van der Waals surface area contributed by atoms with Gasteiger partial charge in [-0.05, 0) is 6.92 Å². The van der Waals surface area contributed by atoms with Gasteiger partial charge in [0.25, 0.3) is 0 Å². The first kappa shape index (κ1) is 12.4. The van der Waals surface area contributed by atoms with Crippen molar-refractivity contribution in [3.8, 4) is 12.1 Å². The average Bonchev–Trinajstić information content (AvgIpc) is 2.79. The van der Waals surface area contributed by atoms with Crippen molar-refractivity contribution in [2.75, 3.05) is 0 Å². The van der Waals surface area contributed by atoms with E-state index in [0.717, 1.165) is 0 Å². The number of rotatable bonds is 1. The summed E-state index contributed by atoms with van der Waals surface area (Å²) in [6.45, 7) is 1.54. The normalized spacial score (nSPS) is 20.0. The van der Waals surface area contributed by atoms with Crippen molar-refractivity contribution < 1.29 is 13.6 Å². The summed E-state index contributed by atoms with van der Waals surface area (Å²) in [6.07, 6.45) is 1.40. The fourth-order valence-electron chi connectivity index (χ4n) is 2.15. The minimum Gasteiger partial charge on any atom is -0.289 e. The molecule has 0 bridgehead atoms. The number of nitriles is 2. The summed E-state index contributed by atoms with van der Waals surface area (Å²) in [6, 6.07) is 3.43. The number of nitrogens with zero attached hydrogens (tertiary/aromatic N) is 2. The number of allylic oxidation sites excluding steroid dienone is 2. The van der Waals surface area contributed by atoms with Crippen LogP contribution in [0.25, 0.3) is 0 Å². The van der Waals surface area contributed by atoms with Gasteiger partial charge in [-0.25, -0.2) is 0 Å². The summed E-state index contributed by atoms with van der Waals surface area (Å²) in [7, 11) is 0. The molecule has 0 saturated heterocycles. The SMILES string of the molecule is C/C=C1/C(=O)c2c(F)sc(F)c2C1C(C#N)C#N. The molecule has 1 aromatic heterocycles. The van der Waals surface area contributed by atoms with Gasteiger partial charge in [-0.2, -0.15) is 19.3 Å². The molecule has 1 atom stereocenters. The molecule has 0 aliphatic heterocycles. The second-order valence-electron chi connectivity index (χ2n) is 3.72. The summed E-state index contributed by atoms with van der Waals surface area (Å²) >= 11 is 0.230. The van der Waals surface area contributed by atoms with E-state index in [-0.39, 0.29) is 28.0 Å². The van der Waals surface area contributed by atoms with Crippen LogP contribution in [0, 0.1) is 38.8 Å². The van der Waals surface area contributed by atoms with Crippen molar-refractivity contribution in [1.82, 2.24) is 0 Å². The Labute approximate surface area is 106 Å². The highest BCUT2D eigenvalue weighted by atomic mass is 32.1. The van der Waals surface area contributed by atoms with Crippen molar-refractivity contribution in [1.29, 1.82) is 10.5 Å². The molecule has 1 unspecified atom stereocenters. The molecule has 6 heteroatoms. The largest absolute Gasteiger partial charge is 0.289 e. The van der Waals surface area contributed by atoms with Gasteiger partial charge in [-0.3, -0.25) is 4.79 Å². The number of hydrogen-bond acceptors (Lipinski definition) is 4. The molecular formula is C12H6F2N2OS. The Morgan fingerprint density at radius 2 is 1.94 bits per heavy atom. The third-order valence-electron chi connectivity index (χ3n) is 2.91. The summed E-state index contributed by atoms with van der Waals surface area (Å²) in [5.74, 6) is -2.83. The zero-order valence-electron chi connectivity index (χ0n) is 9.20. The van der Waals surface area contributed by atoms with Crippen LogP contribution in [0.15, 0.2) is 11.6 Å². The van der Waals surface area contributed by atoms with E-state index in [9.17, 15) is 13.6 Å². The fraction of sp³-hybridized carbons (Fsp3) is 0.250. The Bertz CT molecular complexity index is 634. The van der Waals surface area contributed by atoms with Crippen LogP contribution in [0.1, 0.15) is 28.8 Å². The lowest BCUT2D eigenvalue weighted by Gasteiger charge is -2.11. The maximum atomic E-state index is 13.7. The van der Waals surface area contributed by atoms with Gasteiger partial charge in [0.2, 0.25) is 0 Å². The quantitative estimate of drug-likeness (QED) is 0.732. The molecule has 1 heterocycles. The zero-order chi connectivity index (χ0) is 13.4. The van der Waals surface area contributed by atoms with Gasteiger partial charge in [0.1, 0.15) is 5.92 Å². The number of carbonyl (C=O) groups excluding carboxylic acids is 1. The lowest BCUT2D eigenvalue weighted by atomic mass is 9.87. The number of ketones is 1. The van der Waals surface area contributed by atoms with Crippen LogP contribution >= 0.6 is 11.3 Å². The minimum absolute atomic E-state index is 0.110. The van der Waals surface area contributed by atoms with Crippen molar-refractivity contribution in [2.24, 2.45) is 5.92 Å². The van der Waals surface area contributed by atoms with Crippen molar-refractivity contribution in [3.05, 3.63) is 33.0 Å². The van der Waals surface area contributed by atoms with E-state index < -0.39 is 27.9 Å². The molecular weight excluding hydrogens is 258 g/mol. The molecule has 0 aromatic carbocycles. The van der Waals surface area contributed by atoms with E-state index in [2.05, 4.69) is 0 Å². The lowest BCUT2D eigenvalue weighted by Crippen LogP contribution is -2.11. The standard InChI is InChI=1S/C12H6F2N2OS/c1-2-6-7(5(3-15)4-16)8-9(10(6)17)12(14)18-11(8)13/h2,5,7H,1H3/b6-2+. The van der Waals surface area contributed by atoms with E-state index in [1.54, 1.807) is 12.1 Å². The molecule has 1 aromatic rings. The Hall–Kier alpha value is -2.05. The topological polar surface area (TPSA) is 64.7 Å². The van der Waals surface area contributed by atoms with Gasteiger partial charge < -0.3 is 0 Å². The lowest BCUT2D eigenvalue weighted by molar-refractivity contribution is 0.103. The van der Waals surface area contributed by atoms with Crippen LogP contribution in [0.5, 0.6) is 0 Å². The van der Waals surface area contributed by atoms with E-state index in [4.69, 9.17) is 10.5 Å². The second kappa shape index (κ2) is 4.32. The summed E-state index contributed by atoms with van der Waals surface area (Å²) in [5.41, 5.74) is -0.367. The molecule has 0 radical (unpaired) electrons. The van der Waals surface area contributed by atoms with E-state index in [0.29, 0.717) is 0 Å². The maximum absolute atomic E-state index is 13.7. The molecule has 0 fully saturated rings. The molecule has 0 N–H and O–H groups in total. The predicted octanol–water partition coefficient (Wildman–Crippen LogP) is 2.92. The highest BCUT2D eigenvalue weighted by Gasteiger charge is 2.45. The van der Waals surface area contributed by atoms with Crippen LogP contribution in [-0.4, -0.2) is 5.78 Å². The highest BCUT2D eigenvalue weighted by molar-refractivity contribution is 7.09. The Morgan fingerprint density at radius 1 is 1.33 bits per heavy atom. The van der Waals surface area contributed by atoms with Gasteiger partial charge in [-0.15, -0.1) is 0 Å². The van der Waals surface area contributed by atoms with Crippen LogP contribution < -0.4 is 0 Å². The maximum Gasteiger partial charge on any atom is 0.193 e.